The molecule has 6 heteroatoms. The summed E-state index contributed by atoms with van der Waals surface area (Å²) in [5.74, 6) is 0.0938. The predicted octanol–water partition coefficient (Wildman–Crippen LogP) is 11.4. The van der Waals surface area contributed by atoms with Gasteiger partial charge in [-0.05, 0) is 50.9 Å². The summed E-state index contributed by atoms with van der Waals surface area (Å²) in [5.41, 5.74) is 0. The molecule has 0 spiro atoms. The highest BCUT2D eigenvalue weighted by Gasteiger charge is 2.12. The minimum Gasteiger partial charge on any atom is -0.463 e. The molecule has 0 aromatic carbocycles. The summed E-state index contributed by atoms with van der Waals surface area (Å²) in [6.07, 6.45) is 45.6. The molecule has 0 saturated carbocycles. The molecular formula is C44H74O6. The van der Waals surface area contributed by atoms with Crippen molar-refractivity contribution in [3.63, 3.8) is 0 Å². The van der Waals surface area contributed by atoms with Gasteiger partial charge in [-0.25, -0.2) is 0 Å². The average Bonchev–Trinajstić information content (AvgIpc) is 3.09. The molecular weight excluding hydrogens is 624 g/mol. The van der Waals surface area contributed by atoms with Gasteiger partial charge in [0.1, 0.15) is 19.3 Å². The Labute approximate surface area is 306 Å². The van der Waals surface area contributed by atoms with Crippen LogP contribution in [0, 0.1) is 5.92 Å². The fourth-order valence-corrected chi connectivity index (χ4v) is 5.20. The molecule has 0 amide bonds. The van der Waals surface area contributed by atoms with Gasteiger partial charge in [0.2, 0.25) is 0 Å². The first-order chi connectivity index (χ1) is 24.3. The van der Waals surface area contributed by atoms with Crippen LogP contribution >= 0.6 is 0 Å². The zero-order valence-corrected chi connectivity index (χ0v) is 32.2. The summed E-state index contributed by atoms with van der Waals surface area (Å²) >= 11 is 0. The number of aliphatic hydroxyl groups is 2. The van der Waals surface area contributed by atoms with Gasteiger partial charge < -0.3 is 19.7 Å². The van der Waals surface area contributed by atoms with Gasteiger partial charge in [0.05, 0.1) is 6.10 Å². The number of carbonyl (C=O) groups excluding carboxylic acids is 2. The summed E-state index contributed by atoms with van der Waals surface area (Å²) < 4.78 is 10.2. The molecule has 1 unspecified atom stereocenters. The molecule has 0 aliphatic rings. The van der Waals surface area contributed by atoms with Crippen molar-refractivity contribution in [3.8, 4) is 0 Å². The van der Waals surface area contributed by atoms with E-state index in [9.17, 15) is 19.8 Å². The van der Waals surface area contributed by atoms with Crippen LogP contribution in [-0.4, -0.2) is 47.6 Å². The minimum absolute atomic E-state index is 0.170. The minimum atomic E-state index is -1.03. The van der Waals surface area contributed by atoms with Gasteiger partial charge in [-0.15, -0.1) is 0 Å². The molecule has 0 saturated heterocycles. The standard InChI is InChI=1S/C44H74O6/c1-4-5-6-7-8-9-10-12-16-19-22-25-29-34-41(45)35-30-27-32-37-44(48)50-39-42(46)38-49-43(47)36-31-26-23-20-17-14-11-13-15-18-21-24-28-33-40(2)3/h5-6,8-9,12,16,22,25,27,29-30,34,40-42,45-46H,4,7,10-11,13-15,17-21,23-24,26,28,31-33,35-39H2,1-3H3/b6-5-,9-8-,16-12-,25-22-,30-27-,34-29-/t41?,42-/m1/s1. The summed E-state index contributed by atoms with van der Waals surface area (Å²) in [5, 5.41) is 20.1. The molecule has 0 aliphatic carbocycles. The molecule has 6 nitrogen and oxygen atoms in total. The lowest BCUT2D eigenvalue weighted by atomic mass is 10.0. The second-order valence-corrected chi connectivity index (χ2v) is 13.7. The maximum Gasteiger partial charge on any atom is 0.306 e. The highest BCUT2D eigenvalue weighted by molar-refractivity contribution is 5.70. The molecule has 286 valence electrons. The number of carbonyl (C=O) groups is 2. The van der Waals surface area contributed by atoms with Crippen LogP contribution in [0.2, 0.25) is 0 Å². The topological polar surface area (TPSA) is 93.1 Å². The van der Waals surface area contributed by atoms with Crippen LogP contribution in [0.4, 0.5) is 0 Å². The Morgan fingerprint density at radius 1 is 0.560 bits per heavy atom. The average molecular weight is 699 g/mol. The summed E-state index contributed by atoms with van der Waals surface area (Å²) in [4.78, 5) is 23.9. The normalized spacial score (nSPS) is 13.7. The fraction of sp³-hybridized carbons (Fsp3) is 0.682. The summed E-state index contributed by atoms with van der Waals surface area (Å²) in [6.45, 7) is 6.37. The van der Waals surface area contributed by atoms with E-state index in [0.29, 0.717) is 19.3 Å². The van der Waals surface area contributed by atoms with Crippen molar-refractivity contribution in [2.75, 3.05) is 13.2 Å². The molecule has 0 radical (unpaired) electrons. The lowest BCUT2D eigenvalue weighted by Gasteiger charge is -2.12. The van der Waals surface area contributed by atoms with Gasteiger partial charge in [-0.3, -0.25) is 9.59 Å². The van der Waals surface area contributed by atoms with Gasteiger partial charge in [0.15, 0.2) is 0 Å². The van der Waals surface area contributed by atoms with Crippen LogP contribution in [0.25, 0.3) is 0 Å². The van der Waals surface area contributed by atoms with E-state index in [2.05, 4.69) is 57.2 Å². The number of rotatable bonds is 34. The maximum atomic E-state index is 12.0. The van der Waals surface area contributed by atoms with E-state index >= 15 is 0 Å². The zero-order chi connectivity index (χ0) is 36.8. The lowest BCUT2D eigenvalue weighted by molar-refractivity contribution is -0.152. The Balaban J connectivity index is 3.67. The van der Waals surface area contributed by atoms with Crippen LogP contribution in [0.5, 0.6) is 0 Å². The van der Waals surface area contributed by atoms with Crippen molar-refractivity contribution in [1.29, 1.82) is 0 Å². The van der Waals surface area contributed by atoms with E-state index in [1.54, 1.807) is 6.08 Å². The van der Waals surface area contributed by atoms with Crippen LogP contribution < -0.4 is 0 Å². The number of ether oxygens (including phenoxy) is 2. The number of aliphatic hydroxyl groups excluding tert-OH is 2. The van der Waals surface area contributed by atoms with E-state index in [1.165, 1.54) is 70.6 Å². The van der Waals surface area contributed by atoms with Crippen molar-refractivity contribution in [1.82, 2.24) is 0 Å². The third kappa shape index (κ3) is 38.1. The highest BCUT2D eigenvalue weighted by Crippen LogP contribution is 2.15. The molecule has 0 rings (SSSR count). The van der Waals surface area contributed by atoms with Crippen LogP contribution in [-0.2, 0) is 19.1 Å². The van der Waals surface area contributed by atoms with Crippen molar-refractivity contribution >= 4 is 11.9 Å². The van der Waals surface area contributed by atoms with Crippen molar-refractivity contribution in [2.24, 2.45) is 5.92 Å². The zero-order valence-electron chi connectivity index (χ0n) is 32.2. The second-order valence-electron chi connectivity index (χ2n) is 13.7. The Kier molecular flexibility index (Phi) is 35.5. The first-order valence-corrected chi connectivity index (χ1v) is 20.0. The van der Waals surface area contributed by atoms with E-state index in [1.807, 2.05) is 30.4 Å². The quantitative estimate of drug-likeness (QED) is 0.0301. The van der Waals surface area contributed by atoms with E-state index in [-0.39, 0.29) is 25.6 Å². The summed E-state index contributed by atoms with van der Waals surface area (Å²) in [6, 6.07) is 0. The molecule has 2 atom stereocenters. The highest BCUT2D eigenvalue weighted by atomic mass is 16.6. The second kappa shape index (κ2) is 37.6. The molecule has 0 heterocycles. The molecule has 0 aromatic rings. The third-order valence-corrected chi connectivity index (χ3v) is 8.23. The largest absolute Gasteiger partial charge is 0.463 e. The Hall–Kier alpha value is -2.70. The first kappa shape index (κ1) is 47.3. The molecule has 0 fully saturated rings. The molecule has 50 heavy (non-hydrogen) atoms. The summed E-state index contributed by atoms with van der Waals surface area (Å²) in [7, 11) is 0. The van der Waals surface area contributed by atoms with Crippen LogP contribution in [0.3, 0.4) is 0 Å². The molecule has 0 aliphatic heterocycles. The van der Waals surface area contributed by atoms with Crippen LogP contribution in [0.1, 0.15) is 162 Å². The van der Waals surface area contributed by atoms with Gasteiger partial charge in [0.25, 0.3) is 0 Å². The maximum absolute atomic E-state index is 12.0. The molecule has 0 aromatic heterocycles. The lowest BCUT2D eigenvalue weighted by Crippen LogP contribution is -2.25. The monoisotopic (exact) mass is 699 g/mol. The van der Waals surface area contributed by atoms with E-state index < -0.39 is 18.2 Å². The number of esters is 2. The third-order valence-electron chi connectivity index (χ3n) is 8.23. The van der Waals surface area contributed by atoms with Gasteiger partial charge in [-0.1, -0.05) is 177 Å². The van der Waals surface area contributed by atoms with Crippen molar-refractivity contribution in [2.45, 2.75) is 174 Å². The number of hydrogen-bond acceptors (Lipinski definition) is 6. The Morgan fingerprint density at radius 3 is 1.58 bits per heavy atom. The van der Waals surface area contributed by atoms with Crippen molar-refractivity contribution in [3.05, 3.63) is 72.9 Å². The van der Waals surface area contributed by atoms with Gasteiger partial charge in [-0.2, -0.15) is 0 Å². The number of allylic oxidation sites excluding steroid dienone is 10. The smallest absolute Gasteiger partial charge is 0.306 e. The van der Waals surface area contributed by atoms with Crippen molar-refractivity contribution < 1.29 is 29.3 Å². The molecule has 2 N–H and O–H groups in total. The van der Waals surface area contributed by atoms with Gasteiger partial charge in [0, 0.05) is 12.8 Å². The first-order valence-electron chi connectivity index (χ1n) is 20.0. The number of unbranched alkanes of at least 4 members (excludes halogenated alkanes) is 12. The Bertz CT molecular complexity index is 958. The van der Waals surface area contributed by atoms with Crippen LogP contribution in [0.15, 0.2) is 72.9 Å². The molecule has 0 bridgehead atoms. The number of hydrogen-bond donors (Lipinski definition) is 2. The fourth-order valence-electron chi connectivity index (χ4n) is 5.20. The predicted molar refractivity (Wildman–Crippen MR) is 211 cm³/mol. The van der Waals surface area contributed by atoms with E-state index in [4.69, 9.17) is 9.47 Å². The van der Waals surface area contributed by atoms with E-state index in [0.717, 1.165) is 50.9 Å². The Morgan fingerprint density at radius 2 is 1.04 bits per heavy atom. The SMILES string of the molecule is CC/C=C\C/C=C\C/C=C\C/C=C\C=C/C(O)C/C=C\CCC(=O)OC[C@H](O)COC(=O)CCCCCCCCCCCCCCCC(C)C. The van der Waals surface area contributed by atoms with Gasteiger partial charge >= 0.3 is 11.9 Å².